The van der Waals surface area contributed by atoms with Crippen molar-refractivity contribution in [1.82, 2.24) is 4.98 Å². The third kappa shape index (κ3) is 1.78. The monoisotopic (exact) mass is 218 g/mol. The lowest BCUT2D eigenvalue weighted by atomic mass is 9.90. The molecule has 1 heterocycles. The minimum Gasteiger partial charge on any atom is -0.497 e. The van der Waals surface area contributed by atoms with Crippen molar-refractivity contribution in [2.75, 3.05) is 13.7 Å². The van der Waals surface area contributed by atoms with Crippen LogP contribution in [0.1, 0.15) is 19.5 Å². The molecule has 0 radical (unpaired) electrons. The maximum Gasteiger partial charge on any atom is 0.120 e. The van der Waals surface area contributed by atoms with Crippen LogP contribution in [-0.4, -0.2) is 18.6 Å². The minimum atomic E-state index is -0.0216. The Bertz CT molecular complexity index is 500. The molecule has 0 unspecified atom stereocenters. The molecule has 1 aromatic carbocycles. The van der Waals surface area contributed by atoms with Gasteiger partial charge in [0.1, 0.15) is 5.75 Å². The highest BCUT2D eigenvalue weighted by atomic mass is 16.5. The summed E-state index contributed by atoms with van der Waals surface area (Å²) in [5.74, 6) is 0.867. The van der Waals surface area contributed by atoms with Gasteiger partial charge >= 0.3 is 0 Å². The van der Waals surface area contributed by atoms with E-state index < -0.39 is 0 Å². The summed E-state index contributed by atoms with van der Waals surface area (Å²) in [6, 6.07) is 8.18. The average Bonchev–Trinajstić information content (AvgIpc) is 2.72. The summed E-state index contributed by atoms with van der Waals surface area (Å²) >= 11 is 0. The molecule has 0 bridgehead atoms. The van der Waals surface area contributed by atoms with Gasteiger partial charge in [0, 0.05) is 29.2 Å². The van der Waals surface area contributed by atoms with Crippen molar-refractivity contribution in [1.29, 1.82) is 0 Å². The Morgan fingerprint density at radius 1 is 1.31 bits per heavy atom. The van der Waals surface area contributed by atoms with Crippen molar-refractivity contribution in [3.8, 4) is 5.75 Å². The number of benzene rings is 1. The molecule has 0 atom stereocenters. The highest BCUT2D eigenvalue weighted by molar-refractivity contribution is 5.82. The van der Waals surface area contributed by atoms with Crippen LogP contribution in [0.25, 0.3) is 10.9 Å². The number of H-pyrrole nitrogens is 1. The molecule has 0 fully saturated rings. The second-order valence-electron chi connectivity index (χ2n) is 4.72. The fraction of sp³-hybridized carbons (Fsp3) is 0.385. The molecule has 3 nitrogen and oxygen atoms in total. The number of aromatic amines is 1. The van der Waals surface area contributed by atoms with Gasteiger partial charge in [0.05, 0.1) is 7.11 Å². The molecule has 0 spiro atoms. The lowest BCUT2D eigenvalue weighted by molar-refractivity contribution is 0.415. The van der Waals surface area contributed by atoms with Crippen LogP contribution < -0.4 is 10.5 Å². The van der Waals surface area contributed by atoms with Gasteiger partial charge in [0.15, 0.2) is 0 Å². The number of hydrogen-bond donors (Lipinski definition) is 2. The number of nitrogens with one attached hydrogen (secondary N) is 1. The minimum absolute atomic E-state index is 0.0216. The predicted octanol–water partition coefficient (Wildman–Crippen LogP) is 2.41. The number of rotatable bonds is 3. The van der Waals surface area contributed by atoms with E-state index in [1.807, 2.05) is 12.1 Å². The fourth-order valence-electron chi connectivity index (χ4n) is 1.71. The van der Waals surface area contributed by atoms with Gasteiger partial charge in [-0.2, -0.15) is 0 Å². The Morgan fingerprint density at radius 2 is 2.06 bits per heavy atom. The molecular formula is C13H18N2O. The molecule has 0 amide bonds. The first-order valence-corrected chi connectivity index (χ1v) is 5.44. The summed E-state index contributed by atoms with van der Waals surface area (Å²) in [7, 11) is 1.68. The van der Waals surface area contributed by atoms with Crippen molar-refractivity contribution < 1.29 is 4.74 Å². The third-order valence-corrected chi connectivity index (χ3v) is 3.07. The van der Waals surface area contributed by atoms with E-state index in [0.29, 0.717) is 6.54 Å². The van der Waals surface area contributed by atoms with Crippen LogP contribution in [0.4, 0.5) is 0 Å². The maximum atomic E-state index is 5.77. The zero-order valence-electron chi connectivity index (χ0n) is 10.0. The number of hydrogen-bond acceptors (Lipinski definition) is 2. The molecule has 1 aromatic heterocycles. The Hall–Kier alpha value is -1.48. The van der Waals surface area contributed by atoms with Gasteiger partial charge in [0.25, 0.3) is 0 Å². The second kappa shape index (κ2) is 3.83. The van der Waals surface area contributed by atoms with Gasteiger partial charge in [-0.3, -0.25) is 0 Å². The van der Waals surface area contributed by atoms with Crippen LogP contribution in [-0.2, 0) is 5.41 Å². The van der Waals surface area contributed by atoms with Gasteiger partial charge in [-0.05, 0) is 23.6 Å². The number of nitrogens with two attached hydrogens (primary N) is 1. The van der Waals surface area contributed by atoms with Crippen molar-refractivity contribution in [2.24, 2.45) is 5.73 Å². The molecular weight excluding hydrogens is 200 g/mol. The first kappa shape index (κ1) is 11.0. The Balaban J connectivity index is 2.52. The molecule has 2 rings (SSSR count). The Labute approximate surface area is 95.6 Å². The highest BCUT2D eigenvalue weighted by Gasteiger charge is 2.20. The van der Waals surface area contributed by atoms with Crippen LogP contribution in [0.15, 0.2) is 24.3 Å². The molecule has 3 heteroatoms. The summed E-state index contributed by atoms with van der Waals surface area (Å²) in [6.45, 7) is 4.89. The number of ether oxygens (including phenoxy) is 1. The lowest BCUT2D eigenvalue weighted by Gasteiger charge is -2.20. The molecule has 0 aliphatic carbocycles. The maximum absolute atomic E-state index is 5.77. The molecule has 3 N–H and O–H groups in total. The Kier molecular flexibility index (Phi) is 2.64. The smallest absolute Gasteiger partial charge is 0.120 e. The topological polar surface area (TPSA) is 51.0 Å². The highest BCUT2D eigenvalue weighted by Crippen LogP contribution is 2.27. The van der Waals surface area contributed by atoms with Gasteiger partial charge in [-0.15, -0.1) is 0 Å². The average molecular weight is 218 g/mol. The van der Waals surface area contributed by atoms with Crippen LogP contribution in [0, 0.1) is 0 Å². The summed E-state index contributed by atoms with van der Waals surface area (Å²) in [5, 5.41) is 1.19. The van der Waals surface area contributed by atoms with Gasteiger partial charge in [0.2, 0.25) is 0 Å². The molecule has 2 aromatic rings. The lowest BCUT2D eigenvalue weighted by Crippen LogP contribution is -2.28. The third-order valence-electron chi connectivity index (χ3n) is 3.07. The molecule has 16 heavy (non-hydrogen) atoms. The predicted molar refractivity (Wildman–Crippen MR) is 66.9 cm³/mol. The molecule has 0 saturated carbocycles. The Morgan fingerprint density at radius 3 is 2.69 bits per heavy atom. The van der Waals surface area contributed by atoms with Gasteiger partial charge in [-0.1, -0.05) is 13.8 Å². The van der Waals surface area contributed by atoms with Crippen LogP contribution in [0.5, 0.6) is 5.75 Å². The van der Waals surface area contributed by atoms with Crippen molar-refractivity contribution in [3.63, 3.8) is 0 Å². The molecule has 86 valence electrons. The zero-order valence-corrected chi connectivity index (χ0v) is 10.0. The van der Waals surface area contributed by atoms with Gasteiger partial charge < -0.3 is 15.5 Å². The van der Waals surface area contributed by atoms with E-state index in [0.717, 1.165) is 11.3 Å². The van der Waals surface area contributed by atoms with E-state index in [9.17, 15) is 0 Å². The van der Waals surface area contributed by atoms with Crippen molar-refractivity contribution >= 4 is 10.9 Å². The number of fused-ring (bicyclic) bond motifs is 1. The van der Waals surface area contributed by atoms with E-state index in [-0.39, 0.29) is 5.41 Å². The standard InChI is InChI=1S/C13H18N2O/c1-13(2,8-14)12-6-9-4-5-10(16-3)7-11(9)15-12/h4-7,15H,8,14H2,1-3H3. The normalized spacial score (nSPS) is 12.0. The quantitative estimate of drug-likeness (QED) is 0.831. The van der Waals surface area contributed by atoms with E-state index >= 15 is 0 Å². The van der Waals surface area contributed by atoms with Crippen LogP contribution >= 0.6 is 0 Å². The van der Waals surface area contributed by atoms with E-state index in [4.69, 9.17) is 10.5 Å². The van der Waals surface area contributed by atoms with E-state index in [2.05, 4.69) is 31.0 Å². The summed E-state index contributed by atoms with van der Waals surface area (Å²) in [6.07, 6.45) is 0. The van der Waals surface area contributed by atoms with Crippen LogP contribution in [0.3, 0.4) is 0 Å². The van der Waals surface area contributed by atoms with E-state index in [1.54, 1.807) is 7.11 Å². The van der Waals surface area contributed by atoms with Gasteiger partial charge in [-0.25, -0.2) is 0 Å². The number of methoxy groups -OCH3 is 1. The number of aromatic nitrogens is 1. The summed E-state index contributed by atoms with van der Waals surface area (Å²) in [5.41, 5.74) is 8.01. The van der Waals surface area contributed by atoms with E-state index in [1.165, 1.54) is 11.1 Å². The molecule has 0 aliphatic rings. The summed E-state index contributed by atoms with van der Waals surface area (Å²) in [4.78, 5) is 3.40. The second-order valence-corrected chi connectivity index (χ2v) is 4.72. The zero-order chi connectivity index (χ0) is 11.8. The largest absolute Gasteiger partial charge is 0.497 e. The van der Waals surface area contributed by atoms with Crippen molar-refractivity contribution in [2.45, 2.75) is 19.3 Å². The fourth-order valence-corrected chi connectivity index (χ4v) is 1.71. The SMILES string of the molecule is COc1ccc2cc(C(C)(C)CN)[nH]c2c1. The molecule has 0 saturated heterocycles. The first-order chi connectivity index (χ1) is 7.56. The van der Waals surface area contributed by atoms with Crippen LogP contribution in [0.2, 0.25) is 0 Å². The summed E-state index contributed by atoms with van der Waals surface area (Å²) < 4.78 is 5.20. The molecule has 0 aliphatic heterocycles. The first-order valence-electron chi connectivity index (χ1n) is 5.44. The van der Waals surface area contributed by atoms with Crippen molar-refractivity contribution in [3.05, 3.63) is 30.0 Å².